The molecule has 1 atom stereocenters. The number of hydrogen-bond acceptors (Lipinski definition) is 3. The molecule has 1 N–H and O–H groups in total. The Balaban J connectivity index is 2.73. The first-order valence-corrected chi connectivity index (χ1v) is 8.04. The van der Waals surface area contributed by atoms with Gasteiger partial charge in [-0.15, -0.1) is 0 Å². The first-order chi connectivity index (χ1) is 8.36. The van der Waals surface area contributed by atoms with E-state index in [4.69, 9.17) is 4.74 Å². The summed E-state index contributed by atoms with van der Waals surface area (Å²) in [6.07, 6.45) is 0. The van der Waals surface area contributed by atoms with Crippen molar-refractivity contribution in [3.05, 3.63) is 24.3 Å². The lowest BCUT2D eigenvalue weighted by Crippen LogP contribution is -2.31. The molecular formula is C12H18BrNO3S. The fourth-order valence-electron chi connectivity index (χ4n) is 1.26. The molecule has 0 radical (unpaired) electrons. The van der Waals surface area contributed by atoms with Crippen LogP contribution in [0.2, 0.25) is 0 Å². The first kappa shape index (κ1) is 15.5. The molecule has 102 valence electrons. The van der Waals surface area contributed by atoms with Gasteiger partial charge in [-0.3, -0.25) is 0 Å². The highest BCUT2D eigenvalue weighted by molar-refractivity contribution is 9.09. The van der Waals surface area contributed by atoms with Crippen LogP contribution in [0.5, 0.6) is 5.75 Å². The van der Waals surface area contributed by atoms with E-state index >= 15 is 0 Å². The molecule has 0 saturated carbocycles. The second-order valence-corrected chi connectivity index (χ2v) is 7.23. The zero-order valence-electron chi connectivity index (χ0n) is 10.7. The van der Waals surface area contributed by atoms with Crippen molar-refractivity contribution in [3.8, 4) is 5.75 Å². The summed E-state index contributed by atoms with van der Waals surface area (Å²) in [6.45, 7) is 4.42. The van der Waals surface area contributed by atoms with Gasteiger partial charge in [0.2, 0.25) is 10.0 Å². The summed E-state index contributed by atoms with van der Waals surface area (Å²) < 4.78 is 31.5. The summed E-state index contributed by atoms with van der Waals surface area (Å²) in [4.78, 5) is 0.359. The third-order valence-corrected chi connectivity index (χ3v) is 5.38. The summed E-state index contributed by atoms with van der Waals surface area (Å²) in [5.74, 6) is 0.998. The van der Waals surface area contributed by atoms with Crippen molar-refractivity contribution < 1.29 is 13.2 Å². The monoisotopic (exact) mass is 335 g/mol. The van der Waals surface area contributed by atoms with E-state index in [1.165, 1.54) is 12.1 Å². The highest BCUT2D eigenvalue weighted by atomic mass is 79.9. The van der Waals surface area contributed by atoms with Crippen molar-refractivity contribution in [2.75, 3.05) is 13.7 Å². The number of benzene rings is 1. The Morgan fingerprint density at radius 2 is 1.83 bits per heavy atom. The molecule has 18 heavy (non-hydrogen) atoms. The predicted octanol–water partition coefficient (Wildman–Crippen LogP) is 2.39. The van der Waals surface area contributed by atoms with Crippen LogP contribution in [0.1, 0.15) is 13.8 Å². The maximum Gasteiger partial charge on any atom is 0.240 e. The predicted molar refractivity (Wildman–Crippen MR) is 75.7 cm³/mol. The molecule has 0 heterocycles. The molecule has 0 amide bonds. The minimum Gasteiger partial charge on any atom is -0.497 e. The normalized spacial score (nSPS) is 13.6. The van der Waals surface area contributed by atoms with Gasteiger partial charge in [-0.1, -0.05) is 29.8 Å². The molecule has 0 aliphatic carbocycles. The van der Waals surface area contributed by atoms with Crippen molar-refractivity contribution in [2.24, 2.45) is 5.92 Å². The van der Waals surface area contributed by atoms with Gasteiger partial charge in [0.25, 0.3) is 0 Å². The van der Waals surface area contributed by atoms with Gasteiger partial charge in [-0.25, -0.2) is 13.1 Å². The van der Waals surface area contributed by atoms with Crippen molar-refractivity contribution in [1.82, 2.24) is 4.72 Å². The fraction of sp³-hybridized carbons (Fsp3) is 0.500. The number of ether oxygens (including phenoxy) is 1. The van der Waals surface area contributed by atoms with Crippen LogP contribution in [0.15, 0.2) is 29.2 Å². The molecule has 0 aliphatic rings. The molecule has 0 spiro atoms. The Kier molecular flexibility index (Phi) is 5.62. The Bertz CT molecular complexity index is 471. The van der Waals surface area contributed by atoms with E-state index in [0.29, 0.717) is 18.2 Å². The summed E-state index contributed by atoms with van der Waals surface area (Å²) in [5.41, 5.74) is 0. The Morgan fingerprint density at radius 3 is 2.28 bits per heavy atom. The van der Waals surface area contributed by atoms with Crippen LogP contribution in [0.3, 0.4) is 0 Å². The smallest absolute Gasteiger partial charge is 0.240 e. The average Bonchev–Trinajstić information content (AvgIpc) is 2.36. The second kappa shape index (κ2) is 6.54. The third kappa shape index (κ3) is 4.26. The summed E-state index contributed by atoms with van der Waals surface area (Å²) in [5, 5.41) is 0. The van der Waals surface area contributed by atoms with E-state index in [0.717, 1.165) is 0 Å². The van der Waals surface area contributed by atoms with Crippen LogP contribution >= 0.6 is 15.9 Å². The number of halogens is 1. The highest BCUT2D eigenvalue weighted by Gasteiger charge is 2.17. The lowest BCUT2D eigenvalue weighted by Gasteiger charge is -2.14. The molecule has 1 aromatic rings. The Labute approximate surface area is 117 Å². The lowest BCUT2D eigenvalue weighted by molar-refractivity contribution is 0.414. The van der Waals surface area contributed by atoms with Crippen LogP contribution in [0.4, 0.5) is 0 Å². The minimum absolute atomic E-state index is 0.116. The average molecular weight is 336 g/mol. The summed E-state index contributed by atoms with van der Waals surface area (Å²) >= 11 is 3.44. The SMILES string of the molecule is COc1ccc(S(=O)(=O)NCC(Br)C(C)C)cc1. The van der Waals surface area contributed by atoms with Gasteiger partial charge in [0.05, 0.1) is 12.0 Å². The highest BCUT2D eigenvalue weighted by Crippen LogP contribution is 2.16. The molecule has 0 fully saturated rings. The number of rotatable bonds is 6. The number of alkyl halides is 1. The van der Waals surface area contributed by atoms with Crippen molar-refractivity contribution >= 4 is 26.0 Å². The van der Waals surface area contributed by atoms with Gasteiger partial charge in [0.15, 0.2) is 0 Å². The third-order valence-electron chi connectivity index (χ3n) is 2.56. The minimum atomic E-state index is -3.45. The molecule has 1 unspecified atom stereocenters. The number of hydrogen-bond donors (Lipinski definition) is 1. The molecule has 6 heteroatoms. The van der Waals surface area contributed by atoms with Gasteiger partial charge in [0, 0.05) is 11.4 Å². The lowest BCUT2D eigenvalue weighted by atomic mass is 10.1. The topological polar surface area (TPSA) is 55.4 Å². The zero-order chi connectivity index (χ0) is 13.8. The zero-order valence-corrected chi connectivity index (χ0v) is 13.1. The van der Waals surface area contributed by atoms with Crippen molar-refractivity contribution in [3.63, 3.8) is 0 Å². The molecule has 1 rings (SSSR count). The summed E-state index contributed by atoms with van der Waals surface area (Å²) in [6, 6.07) is 6.31. The van der Waals surface area contributed by atoms with Crippen LogP contribution in [-0.2, 0) is 10.0 Å². The number of sulfonamides is 1. The van der Waals surface area contributed by atoms with Gasteiger partial charge in [-0.2, -0.15) is 0 Å². The molecule has 1 aromatic carbocycles. The van der Waals surface area contributed by atoms with Crippen LogP contribution in [-0.4, -0.2) is 26.9 Å². The van der Waals surface area contributed by atoms with Crippen LogP contribution in [0, 0.1) is 5.92 Å². The second-order valence-electron chi connectivity index (χ2n) is 4.29. The van der Waals surface area contributed by atoms with Gasteiger partial charge in [-0.05, 0) is 30.2 Å². The fourth-order valence-corrected chi connectivity index (χ4v) is 2.70. The maximum atomic E-state index is 12.0. The van der Waals surface area contributed by atoms with E-state index in [1.807, 2.05) is 13.8 Å². The Morgan fingerprint density at radius 1 is 1.28 bits per heavy atom. The first-order valence-electron chi connectivity index (χ1n) is 5.64. The molecule has 0 aromatic heterocycles. The van der Waals surface area contributed by atoms with Gasteiger partial charge >= 0.3 is 0 Å². The molecule has 0 saturated heterocycles. The van der Waals surface area contributed by atoms with Gasteiger partial charge in [0.1, 0.15) is 5.75 Å². The van der Waals surface area contributed by atoms with Crippen molar-refractivity contribution in [1.29, 1.82) is 0 Å². The number of nitrogens with one attached hydrogen (secondary N) is 1. The van der Waals surface area contributed by atoms with E-state index in [2.05, 4.69) is 20.7 Å². The van der Waals surface area contributed by atoms with Crippen molar-refractivity contribution in [2.45, 2.75) is 23.6 Å². The Hall–Kier alpha value is -0.590. The number of methoxy groups -OCH3 is 1. The maximum absolute atomic E-state index is 12.0. The largest absolute Gasteiger partial charge is 0.497 e. The van der Waals surface area contributed by atoms with E-state index < -0.39 is 10.0 Å². The molecule has 0 aliphatic heterocycles. The molecular weight excluding hydrogens is 318 g/mol. The molecule has 0 bridgehead atoms. The summed E-state index contributed by atoms with van der Waals surface area (Å²) in [7, 11) is -1.91. The van der Waals surface area contributed by atoms with E-state index in [1.54, 1.807) is 19.2 Å². The van der Waals surface area contributed by atoms with Crippen LogP contribution in [0.25, 0.3) is 0 Å². The van der Waals surface area contributed by atoms with E-state index in [-0.39, 0.29) is 9.72 Å². The van der Waals surface area contributed by atoms with Crippen LogP contribution < -0.4 is 9.46 Å². The van der Waals surface area contributed by atoms with Gasteiger partial charge < -0.3 is 4.74 Å². The quantitative estimate of drug-likeness (QED) is 0.812. The molecule has 4 nitrogen and oxygen atoms in total. The van der Waals surface area contributed by atoms with E-state index in [9.17, 15) is 8.42 Å². The standard InChI is InChI=1S/C12H18BrNO3S/c1-9(2)12(13)8-14-18(15,16)11-6-4-10(17-3)5-7-11/h4-7,9,12,14H,8H2,1-3H3.